The third-order valence-corrected chi connectivity index (χ3v) is 5.00. The first-order chi connectivity index (χ1) is 8.68. The summed E-state index contributed by atoms with van der Waals surface area (Å²) in [6, 6.07) is 1.86. The van der Waals surface area contributed by atoms with Crippen LogP contribution in [0.5, 0.6) is 0 Å². The molecule has 1 unspecified atom stereocenters. The van der Waals surface area contributed by atoms with E-state index in [1.54, 1.807) is 10.9 Å². The molecule has 102 valence electrons. The third kappa shape index (κ3) is 3.79. The smallest absolute Gasteiger partial charge is 0.215 e. The summed E-state index contributed by atoms with van der Waals surface area (Å²) >= 11 is 0. The minimum atomic E-state index is -3.17. The summed E-state index contributed by atoms with van der Waals surface area (Å²) in [5, 5.41) is 6.91. The number of sulfonamides is 1. The predicted octanol–water partition coefficient (Wildman–Crippen LogP) is -0.0554. The molecule has 1 aliphatic rings. The van der Waals surface area contributed by atoms with Crippen LogP contribution in [0.15, 0.2) is 18.5 Å². The number of rotatable bonds is 6. The molecule has 0 amide bonds. The predicted molar refractivity (Wildman–Crippen MR) is 69.7 cm³/mol. The Morgan fingerprint density at radius 3 is 3.06 bits per heavy atom. The van der Waals surface area contributed by atoms with Gasteiger partial charge in [-0.1, -0.05) is 0 Å². The van der Waals surface area contributed by atoms with Gasteiger partial charge in [-0.2, -0.15) is 5.10 Å². The molecule has 1 saturated heterocycles. The van der Waals surface area contributed by atoms with Crippen LogP contribution in [0.4, 0.5) is 0 Å². The average Bonchev–Trinajstić information content (AvgIpc) is 2.89. The molecular formula is C11H20N4O2S. The fourth-order valence-electron chi connectivity index (χ4n) is 2.09. The second-order valence-corrected chi connectivity index (χ2v) is 6.58. The van der Waals surface area contributed by atoms with Crippen LogP contribution < -0.4 is 10.0 Å². The van der Waals surface area contributed by atoms with Crippen LogP contribution in [-0.4, -0.2) is 43.1 Å². The van der Waals surface area contributed by atoms with Crippen LogP contribution in [-0.2, 0) is 16.6 Å². The Kier molecular flexibility index (Phi) is 4.73. The van der Waals surface area contributed by atoms with Gasteiger partial charge in [0.25, 0.3) is 0 Å². The quantitative estimate of drug-likeness (QED) is 0.712. The van der Waals surface area contributed by atoms with Crippen molar-refractivity contribution >= 4 is 10.0 Å². The zero-order valence-corrected chi connectivity index (χ0v) is 11.2. The lowest BCUT2D eigenvalue weighted by atomic mass is 10.2. The molecule has 2 rings (SSSR count). The SMILES string of the molecule is O=S(=O)(NCCCn1cccn1)C1CCCNC1. The van der Waals surface area contributed by atoms with E-state index in [4.69, 9.17) is 0 Å². The minimum Gasteiger partial charge on any atom is -0.315 e. The Morgan fingerprint density at radius 1 is 1.50 bits per heavy atom. The number of nitrogens with zero attached hydrogens (tertiary/aromatic N) is 2. The first-order valence-corrected chi connectivity index (χ1v) is 7.90. The number of hydrogen-bond donors (Lipinski definition) is 2. The van der Waals surface area contributed by atoms with Crippen LogP contribution >= 0.6 is 0 Å². The Hall–Kier alpha value is -0.920. The summed E-state index contributed by atoms with van der Waals surface area (Å²) in [4.78, 5) is 0. The summed E-state index contributed by atoms with van der Waals surface area (Å²) in [5.74, 6) is 0. The van der Waals surface area contributed by atoms with Gasteiger partial charge in [0.05, 0.1) is 5.25 Å². The summed E-state index contributed by atoms with van der Waals surface area (Å²) in [6.07, 6.45) is 6.03. The maximum absolute atomic E-state index is 12.0. The van der Waals surface area contributed by atoms with E-state index in [0.29, 0.717) is 13.1 Å². The highest BCUT2D eigenvalue weighted by Gasteiger charge is 2.26. The fourth-order valence-corrected chi connectivity index (χ4v) is 3.57. The number of aryl methyl sites for hydroxylation is 1. The van der Waals surface area contributed by atoms with E-state index >= 15 is 0 Å². The average molecular weight is 272 g/mol. The first-order valence-electron chi connectivity index (χ1n) is 6.35. The molecular weight excluding hydrogens is 252 g/mol. The maximum Gasteiger partial charge on any atom is 0.215 e. The summed E-state index contributed by atoms with van der Waals surface area (Å²) in [6.45, 7) is 2.69. The fraction of sp³-hybridized carbons (Fsp3) is 0.727. The zero-order valence-electron chi connectivity index (χ0n) is 10.4. The van der Waals surface area contributed by atoms with E-state index in [9.17, 15) is 8.42 Å². The second-order valence-electron chi connectivity index (χ2n) is 4.53. The highest BCUT2D eigenvalue weighted by atomic mass is 32.2. The topological polar surface area (TPSA) is 76.0 Å². The lowest BCUT2D eigenvalue weighted by Gasteiger charge is -2.22. The van der Waals surface area contributed by atoms with Crippen LogP contribution in [0.25, 0.3) is 0 Å². The lowest BCUT2D eigenvalue weighted by molar-refractivity contribution is 0.487. The normalized spacial score (nSPS) is 21.0. The number of aromatic nitrogens is 2. The van der Waals surface area contributed by atoms with E-state index in [-0.39, 0.29) is 5.25 Å². The van der Waals surface area contributed by atoms with Gasteiger partial charge in [-0.05, 0) is 31.9 Å². The Morgan fingerprint density at radius 2 is 2.39 bits per heavy atom. The Labute approximate surface area is 108 Å². The Bertz CT molecular complexity index is 438. The molecule has 2 heterocycles. The van der Waals surface area contributed by atoms with E-state index < -0.39 is 10.0 Å². The van der Waals surface area contributed by atoms with Crippen LogP contribution in [0, 0.1) is 0 Å². The van der Waals surface area contributed by atoms with Gasteiger partial charge in [-0.3, -0.25) is 4.68 Å². The van der Waals surface area contributed by atoms with Crippen LogP contribution in [0.1, 0.15) is 19.3 Å². The standard InChI is InChI=1S/C11H20N4O2S/c16-18(17,11-4-1-5-12-10-11)14-7-3-9-15-8-2-6-13-15/h2,6,8,11-12,14H,1,3-5,7,9-10H2. The molecule has 2 N–H and O–H groups in total. The molecule has 0 bridgehead atoms. The third-order valence-electron chi connectivity index (χ3n) is 3.12. The molecule has 6 nitrogen and oxygen atoms in total. The van der Waals surface area contributed by atoms with Gasteiger partial charge in [0.2, 0.25) is 10.0 Å². The molecule has 0 aromatic carbocycles. The zero-order chi connectivity index (χ0) is 12.8. The van der Waals surface area contributed by atoms with Gasteiger partial charge in [0.15, 0.2) is 0 Å². The van der Waals surface area contributed by atoms with E-state index in [2.05, 4.69) is 15.1 Å². The number of piperidine rings is 1. The number of nitrogens with one attached hydrogen (secondary N) is 2. The van der Waals surface area contributed by atoms with Crippen molar-refractivity contribution in [1.82, 2.24) is 19.8 Å². The minimum absolute atomic E-state index is 0.282. The lowest BCUT2D eigenvalue weighted by Crippen LogP contribution is -2.44. The van der Waals surface area contributed by atoms with Crippen molar-refractivity contribution < 1.29 is 8.42 Å². The Balaban J connectivity index is 1.71. The van der Waals surface area contributed by atoms with E-state index in [1.165, 1.54) is 0 Å². The van der Waals surface area contributed by atoms with Crippen molar-refractivity contribution in [3.8, 4) is 0 Å². The summed E-state index contributed by atoms with van der Waals surface area (Å²) in [7, 11) is -3.17. The highest BCUT2D eigenvalue weighted by molar-refractivity contribution is 7.90. The monoisotopic (exact) mass is 272 g/mol. The van der Waals surface area contributed by atoms with E-state index in [1.807, 2.05) is 12.3 Å². The molecule has 1 aliphatic heterocycles. The molecule has 18 heavy (non-hydrogen) atoms. The molecule has 0 radical (unpaired) electrons. The second kappa shape index (κ2) is 6.31. The summed E-state index contributed by atoms with van der Waals surface area (Å²) < 4.78 is 28.4. The van der Waals surface area contributed by atoms with Gasteiger partial charge < -0.3 is 5.32 Å². The van der Waals surface area contributed by atoms with Crippen molar-refractivity contribution in [2.75, 3.05) is 19.6 Å². The molecule has 0 spiro atoms. The molecule has 0 saturated carbocycles. The van der Waals surface area contributed by atoms with Crippen molar-refractivity contribution in [3.05, 3.63) is 18.5 Å². The largest absolute Gasteiger partial charge is 0.315 e. The van der Waals surface area contributed by atoms with Gasteiger partial charge >= 0.3 is 0 Å². The van der Waals surface area contributed by atoms with Gasteiger partial charge in [-0.15, -0.1) is 0 Å². The molecule has 1 atom stereocenters. The van der Waals surface area contributed by atoms with Crippen LogP contribution in [0.2, 0.25) is 0 Å². The molecule has 1 fully saturated rings. The van der Waals surface area contributed by atoms with Gasteiger partial charge in [0.1, 0.15) is 0 Å². The summed E-state index contributed by atoms with van der Waals surface area (Å²) in [5.41, 5.74) is 0. The highest BCUT2D eigenvalue weighted by Crippen LogP contribution is 2.10. The van der Waals surface area contributed by atoms with E-state index in [0.717, 1.165) is 32.4 Å². The molecule has 7 heteroatoms. The van der Waals surface area contributed by atoms with Crippen molar-refractivity contribution in [1.29, 1.82) is 0 Å². The van der Waals surface area contributed by atoms with Gasteiger partial charge in [0, 0.05) is 32.0 Å². The van der Waals surface area contributed by atoms with Crippen molar-refractivity contribution in [2.45, 2.75) is 31.1 Å². The van der Waals surface area contributed by atoms with Crippen molar-refractivity contribution in [2.24, 2.45) is 0 Å². The maximum atomic E-state index is 12.0. The first kappa shape index (κ1) is 13.5. The number of hydrogen-bond acceptors (Lipinski definition) is 4. The molecule has 0 aliphatic carbocycles. The van der Waals surface area contributed by atoms with Crippen molar-refractivity contribution in [3.63, 3.8) is 0 Å². The molecule has 1 aromatic heterocycles. The molecule has 1 aromatic rings. The van der Waals surface area contributed by atoms with Crippen LogP contribution in [0.3, 0.4) is 0 Å². The van der Waals surface area contributed by atoms with Gasteiger partial charge in [-0.25, -0.2) is 13.1 Å².